The first kappa shape index (κ1) is 15.4. The normalized spacial score (nSPS) is 24.9. The van der Waals surface area contributed by atoms with Crippen molar-refractivity contribution < 1.29 is 0 Å². The van der Waals surface area contributed by atoms with E-state index in [9.17, 15) is 0 Å². The zero-order valence-corrected chi connectivity index (χ0v) is 14.5. The standard InChI is InChI=1S/C16H28N4S/c1-11(2)15-14(9-17-12-5-6-12)21-16(18-15)13-10-19(3)7-8-20(13)4/h11-13,17H,5-10H2,1-4H3. The maximum absolute atomic E-state index is 5.03. The van der Waals surface area contributed by atoms with Crippen molar-refractivity contribution in [1.82, 2.24) is 20.1 Å². The summed E-state index contributed by atoms with van der Waals surface area (Å²) in [5, 5.41) is 4.96. The molecule has 1 aliphatic heterocycles. The van der Waals surface area contributed by atoms with Gasteiger partial charge in [0.1, 0.15) is 5.01 Å². The van der Waals surface area contributed by atoms with Gasteiger partial charge >= 0.3 is 0 Å². The van der Waals surface area contributed by atoms with E-state index < -0.39 is 0 Å². The van der Waals surface area contributed by atoms with Crippen LogP contribution >= 0.6 is 11.3 Å². The van der Waals surface area contributed by atoms with Crippen LogP contribution < -0.4 is 5.32 Å². The van der Waals surface area contributed by atoms with Gasteiger partial charge in [-0.15, -0.1) is 11.3 Å². The highest BCUT2D eigenvalue weighted by Gasteiger charge is 2.28. The average Bonchev–Trinajstić information content (AvgIpc) is 3.17. The van der Waals surface area contributed by atoms with Crippen LogP contribution in [0, 0.1) is 0 Å². The SMILES string of the molecule is CC(C)c1nc(C2CN(C)CCN2C)sc1CNC1CC1. The first-order valence-electron chi connectivity index (χ1n) is 8.16. The molecule has 4 nitrogen and oxygen atoms in total. The number of nitrogens with zero attached hydrogens (tertiary/aromatic N) is 3. The van der Waals surface area contributed by atoms with Crippen LogP contribution in [0.5, 0.6) is 0 Å². The Morgan fingerprint density at radius 2 is 2.05 bits per heavy atom. The Kier molecular flexibility index (Phi) is 4.64. The molecule has 0 amide bonds. The van der Waals surface area contributed by atoms with Gasteiger partial charge in [-0.1, -0.05) is 13.8 Å². The summed E-state index contributed by atoms with van der Waals surface area (Å²) in [6, 6.07) is 1.22. The third kappa shape index (κ3) is 3.65. The number of hydrogen-bond donors (Lipinski definition) is 1. The van der Waals surface area contributed by atoms with Gasteiger partial charge in [-0.25, -0.2) is 4.98 Å². The van der Waals surface area contributed by atoms with Crippen LogP contribution in [0.2, 0.25) is 0 Å². The average molecular weight is 308 g/mol. The van der Waals surface area contributed by atoms with Crippen molar-refractivity contribution in [3.63, 3.8) is 0 Å². The highest BCUT2D eigenvalue weighted by atomic mass is 32.1. The van der Waals surface area contributed by atoms with Gasteiger partial charge in [0.25, 0.3) is 0 Å². The summed E-state index contributed by atoms with van der Waals surface area (Å²) in [6.07, 6.45) is 2.69. The molecule has 2 heterocycles. The molecular weight excluding hydrogens is 280 g/mol. The fraction of sp³-hybridized carbons (Fsp3) is 0.812. The third-order valence-electron chi connectivity index (χ3n) is 4.56. The lowest BCUT2D eigenvalue weighted by molar-refractivity contribution is 0.115. The van der Waals surface area contributed by atoms with Crippen molar-refractivity contribution >= 4 is 11.3 Å². The van der Waals surface area contributed by atoms with Crippen LogP contribution in [0.4, 0.5) is 0 Å². The van der Waals surface area contributed by atoms with E-state index in [2.05, 4.69) is 43.1 Å². The molecule has 0 aromatic carbocycles. The van der Waals surface area contributed by atoms with Gasteiger partial charge in [-0.2, -0.15) is 0 Å². The number of aromatic nitrogens is 1. The number of piperazine rings is 1. The Bertz CT molecular complexity index is 481. The highest BCUT2D eigenvalue weighted by Crippen LogP contribution is 2.33. The molecule has 1 aliphatic carbocycles. The first-order chi connectivity index (χ1) is 10.0. The third-order valence-corrected chi connectivity index (χ3v) is 5.73. The molecule has 1 saturated heterocycles. The molecule has 3 rings (SSSR count). The number of nitrogens with one attached hydrogen (secondary N) is 1. The van der Waals surface area contributed by atoms with E-state index in [0.29, 0.717) is 12.0 Å². The molecule has 118 valence electrons. The van der Waals surface area contributed by atoms with Gasteiger partial charge in [0.05, 0.1) is 11.7 Å². The number of hydrogen-bond acceptors (Lipinski definition) is 5. The summed E-state index contributed by atoms with van der Waals surface area (Å²) in [4.78, 5) is 11.4. The largest absolute Gasteiger partial charge is 0.309 e. The Morgan fingerprint density at radius 1 is 1.29 bits per heavy atom. The summed E-state index contributed by atoms with van der Waals surface area (Å²) < 4.78 is 0. The molecule has 2 aliphatic rings. The molecule has 0 spiro atoms. The van der Waals surface area contributed by atoms with E-state index in [1.165, 1.54) is 28.4 Å². The monoisotopic (exact) mass is 308 g/mol. The first-order valence-corrected chi connectivity index (χ1v) is 8.98. The van der Waals surface area contributed by atoms with E-state index in [0.717, 1.165) is 32.2 Å². The van der Waals surface area contributed by atoms with Crippen LogP contribution in [0.25, 0.3) is 0 Å². The Morgan fingerprint density at radius 3 is 2.71 bits per heavy atom. The van der Waals surface area contributed by atoms with Crippen LogP contribution in [0.3, 0.4) is 0 Å². The smallest absolute Gasteiger partial charge is 0.112 e. The van der Waals surface area contributed by atoms with Gasteiger partial charge in [0, 0.05) is 37.1 Å². The molecular formula is C16H28N4S. The Hall–Kier alpha value is -0.490. The second-order valence-corrected chi connectivity index (χ2v) is 8.04. The maximum Gasteiger partial charge on any atom is 0.112 e. The molecule has 0 radical (unpaired) electrons. The van der Waals surface area contributed by atoms with Crippen LogP contribution in [-0.2, 0) is 6.54 Å². The zero-order chi connectivity index (χ0) is 15.0. The van der Waals surface area contributed by atoms with Gasteiger partial charge < -0.3 is 10.2 Å². The Labute approximate surface area is 132 Å². The zero-order valence-electron chi connectivity index (χ0n) is 13.7. The van der Waals surface area contributed by atoms with E-state index >= 15 is 0 Å². The maximum atomic E-state index is 5.03. The molecule has 1 N–H and O–H groups in total. The summed E-state index contributed by atoms with van der Waals surface area (Å²) in [5.74, 6) is 0.512. The lowest BCUT2D eigenvalue weighted by Crippen LogP contribution is -2.44. The van der Waals surface area contributed by atoms with Crippen molar-refractivity contribution in [1.29, 1.82) is 0 Å². The molecule has 2 fully saturated rings. The lowest BCUT2D eigenvalue weighted by atomic mass is 10.1. The minimum Gasteiger partial charge on any atom is -0.309 e. The molecule has 21 heavy (non-hydrogen) atoms. The summed E-state index contributed by atoms with van der Waals surface area (Å²) in [7, 11) is 4.45. The van der Waals surface area contributed by atoms with Crippen molar-refractivity contribution in [2.45, 2.75) is 51.2 Å². The van der Waals surface area contributed by atoms with E-state index in [-0.39, 0.29) is 0 Å². The molecule has 1 unspecified atom stereocenters. The van der Waals surface area contributed by atoms with Crippen LogP contribution in [0.15, 0.2) is 0 Å². The Balaban J connectivity index is 1.78. The van der Waals surface area contributed by atoms with Crippen LogP contribution in [-0.4, -0.2) is 54.6 Å². The molecule has 1 atom stereocenters. The van der Waals surface area contributed by atoms with Gasteiger partial charge in [-0.05, 0) is 32.9 Å². The molecule has 0 bridgehead atoms. The molecule has 5 heteroatoms. The predicted molar refractivity (Wildman–Crippen MR) is 88.9 cm³/mol. The molecule has 1 aromatic heterocycles. The topological polar surface area (TPSA) is 31.4 Å². The number of rotatable bonds is 5. The van der Waals surface area contributed by atoms with Gasteiger partial charge in [0.15, 0.2) is 0 Å². The van der Waals surface area contributed by atoms with Crippen molar-refractivity contribution in [2.75, 3.05) is 33.7 Å². The van der Waals surface area contributed by atoms with E-state index in [1.54, 1.807) is 0 Å². The van der Waals surface area contributed by atoms with Crippen molar-refractivity contribution in [3.05, 3.63) is 15.6 Å². The van der Waals surface area contributed by atoms with E-state index in [1.807, 2.05) is 11.3 Å². The second kappa shape index (κ2) is 6.32. The van der Waals surface area contributed by atoms with E-state index in [4.69, 9.17) is 4.98 Å². The fourth-order valence-electron chi connectivity index (χ4n) is 2.90. The van der Waals surface area contributed by atoms with Gasteiger partial charge in [0.2, 0.25) is 0 Å². The number of thiazole rings is 1. The minimum atomic E-state index is 0.459. The predicted octanol–water partition coefficient (Wildman–Crippen LogP) is 2.44. The quantitative estimate of drug-likeness (QED) is 0.905. The van der Waals surface area contributed by atoms with Crippen molar-refractivity contribution in [3.8, 4) is 0 Å². The minimum absolute atomic E-state index is 0.459. The fourth-order valence-corrected chi connectivity index (χ4v) is 4.23. The van der Waals surface area contributed by atoms with Gasteiger partial charge in [-0.3, -0.25) is 4.90 Å². The summed E-state index contributed by atoms with van der Waals surface area (Å²) in [5.41, 5.74) is 1.31. The molecule has 1 aromatic rings. The second-order valence-electron chi connectivity index (χ2n) is 6.93. The van der Waals surface area contributed by atoms with Crippen molar-refractivity contribution in [2.24, 2.45) is 0 Å². The number of likely N-dealkylation sites (N-methyl/N-ethyl adjacent to an activating group) is 2. The molecule has 1 saturated carbocycles. The summed E-state index contributed by atoms with van der Waals surface area (Å²) >= 11 is 1.93. The lowest BCUT2D eigenvalue weighted by Gasteiger charge is -2.36. The summed E-state index contributed by atoms with van der Waals surface area (Å²) in [6.45, 7) is 8.91. The van der Waals surface area contributed by atoms with Crippen LogP contribution in [0.1, 0.15) is 54.2 Å². The highest BCUT2D eigenvalue weighted by molar-refractivity contribution is 7.11.